The molecule has 1 aliphatic rings. The Balaban J connectivity index is 0. The van der Waals surface area contributed by atoms with Gasteiger partial charge in [-0.05, 0) is 0 Å². The van der Waals surface area contributed by atoms with E-state index in [9.17, 15) is 9.59 Å². The number of aliphatic hydroxyl groups is 2. The van der Waals surface area contributed by atoms with Crippen LogP contribution in [0.2, 0.25) is 0 Å². The minimum Gasteiger partial charge on any atom is -0.504 e. The Labute approximate surface area is 154 Å². The standard InChI is InChI=1S/C6H4O4.2K/c7-3-1-4(8)6(10)2-5(3)9;;/h1-2,7,10H;;. The molecule has 2 N–H and O–H groups in total. The zero-order valence-corrected chi connectivity index (χ0v) is 13.1. The van der Waals surface area contributed by atoms with Gasteiger partial charge in [0.05, 0.1) is 0 Å². The Morgan fingerprint density at radius 3 is 1.33 bits per heavy atom. The molecule has 0 spiro atoms. The van der Waals surface area contributed by atoms with Crippen molar-refractivity contribution in [1.29, 1.82) is 0 Å². The van der Waals surface area contributed by atoms with E-state index in [1.165, 1.54) is 0 Å². The Morgan fingerprint density at radius 1 is 0.833 bits per heavy atom. The topological polar surface area (TPSA) is 74.6 Å². The van der Waals surface area contributed by atoms with Gasteiger partial charge in [0, 0.05) is 115 Å². The van der Waals surface area contributed by atoms with Crippen molar-refractivity contribution >= 4 is 114 Å². The maximum Gasteiger partial charge on any atom is 0.224 e. The van der Waals surface area contributed by atoms with Gasteiger partial charge in [-0.15, -0.1) is 0 Å². The van der Waals surface area contributed by atoms with Gasteiger partial charge in [-0.3, -0.25) is 9.59 Å². The predicted molar refractivity (Wildman–Crippen MR) is 42.9 cm³/mol. The van der Waals surface area contributed by atoms with Gasteiger partial charge in [0.2, 0.25) is 11.6 Å². The van der Waals surface area contributed by atoms with E-state index in [0.717, 1.165) is 0 Å². The molecule has 0 aromatic rings. The molecule has 1 rings (SSSR count). The minimum atomic E-state index is -0.753. The van der Waals surface area contributed by atoms with Gasteiger partial charge in [-0.25, -0.2) is 0 Å². The van der Waals surface area contributed by atoms with Gasteiger partial charge >= 0.3 is 0 Å². The number of carbonyl (C=O) groups is 2. The SMILES string of the molecule is O=C1C=C(O)C(=O)C=C1O.[K].[K]. The number of hydrogen-bond acceptors (Lipinski definition) is 4. The average Bonchev–Trinajstić information content (AvgIpc) is 1.84. The first-order chi connectivity index (χ1) is 4.61. The van der Waals surface area contributed by atoms with Crippen LogP contribution in [-0.4, -0.2) is 125 Å². The van der Waals surface area contributed by atoms with Crippen molar-refractivity contribution in [2.45, 2.75) is 0 Å². The van der Waals surface area contributed by atoms with Crippen LogP contribution in [0.15, 0.2) is 23.7 Å². The summed E-state index contributed by atoms with van der Waals surface area (Å²) in [4.78, 5) is 20.9. The number of ketones is 2. The smallest absolute Gasteiger partial charge is 0.224 e. The summed E-state index contributed by atoms with van der Waals surface area (Å²) in [5.41, 5.74) is 0. The summed E-state index contributed by atoms with van der Waals surface area (Å²) in [6.45, 7) is 0. The van der Waals surface area contributed by atoms with E-state index in [-0.39, 0.29) is 103 Å². The Bertz CT molecular complexity index is 239. The summed E-state index contributed by atoms with van der Waals surface area (Å²) >= 11 is 0. The van der Waals surface area contributed by atoms with Crippen LogP contribution in [0.3, 0.4) is 0 Å². The van der Waals surface area contributed by atoms with Crippen LogP contribution in [0.5, 0.6) is 0 Å². The molecule has 0 amide bonds. The fraction of sp³-hybridized carbons (Fsp3) is 0. The van der Waals surface area contributed by atoms with E-state index in [1.807, 2.05) is 0 Å². The van der Waals surface area contributed by atoms with Crippen molar-refractivity contribution in [1.82, 2.24) is 0 Å². The van der Waals surface area contributed by atoms with Crippen molar-refractivity contribution in [2.75, 3.05) is 0 Å². The van der Waals surface area contributed by atoms with Crippen LogP contribution in [0.25, 0.3) is 0 Å². The monoisotopic (exact) mass is 218 g/mol. The number of rotatable bonds is 0. The van der Waals surface area contributed by atoms with E-state index in [0.29, 0.717) is 12.2 Å². The van der Waals surface area contributed by atoms with Crippen LogP contribution >= 0.6 is 0 Å². The molecular weight excluding hydrogens is 214 g/mol. The Hall–Kier alpha value is 1.69. The van der Waals surface area contributed by atoms with E-state index in [1.54, 1.807) is 0 Å². The molecule has 2 radical (unpaired) electrons. The molecule has 0 aromatic carbocycles. The molecule has 0 heterocycles. The quantitative estimate of drug-likeness (QED) is 0.415. The van der Waals surface area contributed by atoms with Crippen molar-refractivity contribution in [2.24, 2.45) is 0 Å². The summed E-state index contributed by atoms with van der Waals surface area (Å²) < 4.78 is 0. The van der Waals surface area contributed by atoms with Crippen molar-refractivity contribution < 1.29 is 19.8 Å². The summed E-state index contributed by atoms with van der Waals surface area (Å²) in [5.74, 6) is -2.78. The number of carbonyl (C=O) groups excluding carboxylic acids is 2. The molecule has 0 saturated carbocycles. The fourth-order valence-corrected chi connectivity index (χ4v) is 0.538. The zero-order chi connectivity index (χ0) is 7.72. The molecule has 1 aliphatic carbocycles. The normalized spacial score (nSPS) is 15.3. The molecule has 0 bridgehead atoms. The fourth-order valence-electron chi connectivity index (χ4n) is 0.538. The van der Waals surface area contributed by atoms with Crippen LogP contribution < -0.4 is 0 Å². The van der Waals surface area contributed by atoms with Crippen molar-refractivity contribution in [3.63, 3.8) is 0 Å². The Kier molecular flexibility index (Phi) is 9.47. The molecule has 0 atom stereocenters. The number of hydrogen-bond donors (Lipinski definition) is 2. The molecular formula is C6H4K2O4. The number of allylic oxidation sites excluding steroid dienone is 2. The summed E-state index contributed by atoms with van der Waals surface area (Å²) in [6, 6.07) is 0. The van der Waals surface area contributed by atoms with Crippen LogP contribution in [0.1, 0.15) is 0 Å². The van der Waals surface area contributed by atoms with E-state index < -0.39 is 23.1 Å². The zero-order valence-electron chi connectivity index (χ0n) is 6.87. The van der Waals surface area contributed by atoms with Crippen molar-refractivity contribution in [3.8, 4) is 0 Å². The third kappa shape index (κ3) is 4.27. The van der Waals surface area contributed by atoms with Gasteiger partial charge in [-0.2, -0.15) is 0 Å². The first-order valence-corrected chi connectivity index (χ1v) is 2.51. The first kappa shape index (κ1) is 16.1. The van der Waals surface area contributed by atoms with Gasteiger partial charge in [0.25, 0.3) is 0 Å². The van der Waals surface area contributed by atoms with Gasteiger partial charge < -0.3 is 10.2 Å². The van der Waals surface area contributed by atoms with Crippen LogP contribution in [0, 0.1) is 0 Å². The third-order valence-electron chi connectivity index (χ3n) is 1.04. The molecule has 0 saturated heterocycles. The molecule has 0 aliphatic heterocycles. The molecule has 0 unspecified atom stereocenters. The Morgan fingerprint density at radius 2 is 1.08 bits per heavy atom. The van der Waals surface area contributed by atoms with Gasteiger partial charge in [-0.1, -0.05) is 0 Å². The average molecular weight is 218 g/mol. The molecule has 4 nitrogen and oxygen atoms in total. The third-order valence-corrected chi connectivity index (χ3v) is 1.04. The first-order valence-electron chi connectivity index (χ1n) is 2.51. The van der Waals surface area contributed by atoms with Gasteiger partial charge in [0.1, 0.15) is 0 Å². The summed E-state index contributed by atoms with van der Waals surface area (Å²) in [6.07, 6.45) is 1.36. The van der Waals surface area contributed by atoms with Gasteiger partial charge in [0.15, 0.2) is 11.5 Å². The van der Waals surface area contributed by atoms with Crippen LogP contribution in [-0.2, 0) is 9.59 Å². The maximum atomic E-state index is 10.4. The van der Waals surface area contributed by atoms with E-state index in [4.69, 9.17) is 10.2 Å². The largest absolute Gasteiger partial charge is 0.504 e. The summed E-state index contributed by atoms with van der Waals surface area (Å²) in [5, 5.41) is 17.2. The molecule has 54 valence electrons. The summed E-state index contributed by atoms with van der Waals surface area (Å²) in [7, 11) is 0. The molecule has 12 heavy (non-hydrogen) atoms. The maximum absolute atomic E-state index is 10.4. The second kappa shape index (κ2) is 7.05. The minimum absolute atomic E-state index is 0. The second-order valence-corrected chi connectivity index (χ2v) is 1.79. The van der Waals surface area contributed by atoms with Crippen molar-refractivity contribution in [3.05, 3.63) is 23.7 Å². The second-order valence-electron chi connectivity index (χ2n) is 1.79. The van der Waals surface area contributed by atoms with Crippen LogP contribution in [0.4, 0.5) is 0 Å². The predicted octanol–water partition coefficient (Wildman–Crippen LogP) is -0.740. The molecule has 6 heteroatoms. The molecule has 0 aromatic heterocycles. The molecule has 0 fully saturated rings. The number of aliphatic hydroxyl groups excluding tert-OH is 2. The van der Waals surface area contributed by atoms with E-state index >= 15 is 0 Å². The van der Waals surface area contributed by atoms with E-state index in [2.05, 4.69) is 0 Å².